The maximum Gasteiger partial charge on any atom is 0.258 e. The topological polar surface area (TPSA) is 46.2 Å². The molecule has 1 rings (SSSR count). The fourth-order valence-corrected chi connectivity index (χ4v) is 1.64. The van der Waals surface area contributed by atoms with E-state index in [1.54, 1.807) is 13.8 Å². The van der Waals surface area contributed by atoms with Crippen molar-refractivity contribution < 1.29 is 14.0 Å². The maximum absolute atomic E-state index is 13.6. The molecule has 98 valence electrons. The summed E-state index contributed by atoms with van der Waals surface area (Å²) in [5, 5.41) is 2.58. The molecule has 1 aliphatic carbocycles. The van der Waals surface area contributed by atoms with E-state index in [4.69, 9.17) is 0 Å². The Morgan fingerprint density at radius 2 is 1.71 bits per heavy atom. The van der Waals surface area contributed by atoms with Crippen LogP contribution >= 0.6 is 0 Å². The third kappa shape index (κ3) is 3.27. The number of alkyl halides is 1. The lowest BCUT2D eigenvalue weighted by Gasteiger charge is -2.32. The van der Waals surface area contributed by atoms with Gasteiger partial charge >= 0.3 is 0 Å². The number of hydrogen-bond acceptors (Lipinski definition) is 2. The van der Waals surface area contributed by atoms with Crippen LogP contribution in [0.1, 0.15) is 47.5 Å². The van der Waals surface area contributed by atoms with Crippen molar-refractivity contribution in [2.24, 2.45) is 11.3 Å². The quantitative estimate of drug-likeness (QED) is 0.823. The molecule has 1 N–H and O–H groups in total. The molecule has 1 saturated carbocycles. The summed E-state index contributed by atoms with van der Waals surface area (Å²) in [7, 11) is 0. The average Bonchev–Trinajstić information content (AvgIpc) is 2.90. The van der Waals surface area contributed by atoms with Gasteiger partial charge in [0.05, 0.1) is 6.04 Å². The molecule has 1 fully saturated rings. The van der Waals surface area contributed by atoms with Gasteiger partial charge in [-0.2, -0.15) is 0 Å². The van der Waals surface area contributed by atoms with Crippen LogP contribution in [-0.4, -0.2) is 23.4 Å². The summed E-state index contributed by atoms with van der Waals surface area (Å²) in [5.74, 6) is -0.851. The first kappa shape index (κ1) is 14.1. The van der Waals surface area contributed by atoms with Crippen LogP contribution in [0.3, 0.4) is 0 Å². The number of ketones is 1. The smallest absolute Gasteiger partial charge is 0.258 e. The Morgan fingerprint density at radius 3 is 2.00 bits per heavy atom. The van der Waals surface area contributed by atoms with Crippen LogP contribution in [0.15, 0.2) is 0 Å². The molecule has 0 radical (unpaired) electrons. The van der Waals surface area contributed by atoms with E-state index in [0.29, 0.717) is 0 Å². The van der Waals surface area contributed by atoms with Gasteiger partial charge in [-0.25, -0.2) is 4.39 Å². The molecule has 1 unspecified atom stereocenters. The molecule has 0 heterocycles. The van der Waals surface area contributed by atoms with E-state index in [9.17, 15) is 14.0 Å². The van der Waals surface area contributed by atoms with Crippen molar-refractivity contribution in [2.45, 2.75) is 59.2 Å². The first-order valence-electron chi connectivity index (χ1n) is 6.11. The van der Waals surface area contributed by atoms with Crippen molar-refractivity contribution in [3.8, 4) is 0 Å². The van der Waals surface area contributed by atoms with Crippen LogP contribution in [0.5, 0.6) is 0 Å². The minimum absolute atomic E-state index is 0.0462. The third-order valence-corrected chi connectivity index (χ3v) is 3.09. The molecule has 0 aromatic rings. The Hall–Kier alpha value is -0.930. The fraction of sp³-hybridized carbons (Fsp3) is 0.846. The molecule has 3 nitrogen and oxygen atoms in total. The van der Waals surface area contributed by atoms with Crippen molar-refractivity contribution >= 4 is 11.7 Å². The summed E-state index contributed by atoms with van der Waals surface area (Å²) in [4.78, 5) is 23.7. The molecule has 1 atom stereocenters. The molecular formula is C13H22FNO2. The summed E-state index contributed by atoms with van der Waals surface area (Å²) < 4.78 is 13.6. The molecule has 0 spiro atoms. The minimum Gasteiger partial charge on any atom is -0.343 e. The Balaban J connectivity index is 2.78. The zero-order valence-electron chi connectivity index (χ0n) is 11.3. The Kier molecular flexibility index (Phi) is 3.65. The predicted octanol–water partition coefficient (Wildman–Crippen LogP) is 2.24. The van der Waals surface area contributed by atoms with Crippen molar-refractivity contribution in [1.82, 2.24) is 5.32 Å². The second-order valence-corrected chi connectivity index (χ2v) is 6.29. The predicted molar refractivity (Wildman–Crippen MR) is 64.3 cm³/mol. The normalized spacial score (nSPS) is 19.9. The number of carbonyl (C=O) groups is 2. The maximum atomic E-state index is 13.6. The van der Waals surface area contributed by atoms with Crippen molar-refractivity contribution in [1.29, 1.82) is 0 Å². The van der Waals surface area contributed by atoms with Gasteiger partial charge in [0.2, 0.25) is 0 Å². The number of carbonyl (C=O) groups excluding carboxylic acids is 2. The van der Waals surface area contributed by atoms with Crippen molar-refractivity contribution in [2.75, 3.05) is 0 Å². The van der Waals surface area contributed by atoms with Crippen molar-refractivity contribution in [3.63, 3.8) is 0 Å². The van der Waals surface area contributed by atoms with Gasteiger partial charge in [0.1, 0.15) is 0 Å². The summed E-state index contributed by atoms with van der Waals surface area (Å²) in [6, 6.07) is -0.622. The lowest BCUT2D eigenvalue weighted by atomic mass is 9.81. The molecule has 1 amide bonds. The van der Waals surface area contributed by atoms with E-state index in [-0.39, 0.29) is 24.5 Å². The van der Waals surface area contributed by atoms with E-state index in [2.05, 4.69) is 5.32 Å². The van der Waals surface area contributed by atoms with Gasteiger partial charge in [-0.1, -0.05) is 34.6 Å². The first-order valence-corrected chi connectivity index (χ1v) is 6.11. The number of Topliss-reactive ketones (excluding diaryl/α,β-unsaturated/α-hetero) is 1. The van der Waals surface area contributed by atoms with Gasteiger partial charge in [-0.15, -0.1) is 0 Å². The van der Waals surface area contributed by atoms with Gasteiger partial charge in [0.15, 0.2) is 11.5 Å². The van der Waals surface area contributed by atoms with E-state index in [1.807, 2.05) is 20.8 Å². The number of hydrogen-bond donors (Lipinski definition) is 1. The number of nitrogens with one attached hydrogen (secondary N) is 1. The SMILES string of the molecule is CC(C)C(=O)C(NC(=O)C1(F)CC1)C(C)(C)C. The van der Waals surface area contributed by atoms with Gasteiger partial charge in [0, 0.05) is 5.92 Å². The van der Waals surface area contributed by atoms with Crippen LogP contribution in [0, 0.1) is 11.3 Å². The molecule has 0 aromatic heterocycles. The standard InChI is InChI=1S/C13H22FNO2/c1-8(2)9(16)10(12(3,4)5)15-11(17)13(14)6-7-13/h8,10H,6-7H2,1-5H3,(H,15,17). The fourth-order valence-electron chi connectivity index (χ4n) is 1.64. The van der Waals surface area contributed by atoms with E-state index in [1.165, 1.54) is 0 Å². The van der Waals surface area contributed by atoms with E-state index in [0.717, 1.165) is 0 Å². The van der Waals surface area contributed by atoms with E-state index < -0.39 is 23.0 Å². The van der Waals surface area contributed by atoms with Gasteiger partial charge in [0.25, 0.3) is 5.91 Å². The zero-order valence-corrected chi connectivity index (χ0v) is 11.3. The zero-order chi connectivity index (χ0) is 13.4. The van der Waals surface area contributed by atoms with Gasteiger partial charge < -0.3 is 5.32 Å². The van der Waals surface area contributed by atoms with Gasteiger partial charge in [-0.3, -0.25) is 9.59 Å². The highest BCUT2D eigenvalue weighted by Gasteiger charge is 2.52. The number of amides is 1. The molecule has 0 bridgehead atoms. The highest BCUT2D eigenvalue weighted by Crippen LogP contribution is 2.40. The molecule has 17 heavy (non-hydrogen) atoms. The van der Waals surface area contributed by atoms with E-state index >= 15 is 0 Å². The first-order chi connectivity index (χ1) is 7.58. The minimum atomic E-state index is -1.72. The largest absolute Gasteiger partial charge is 0.343 e. The van der Waals surface area contributed by atoms with Crippen LogP contribution in [0.25, 0.3) is 0 Å². The highest BCUT2D eigenvalue weighted by molar-refractivity contribution is 5.94. The molecule has 4 heteroatoms. The van der Waals surface area contributed by atoms with Crippen LogP contribution < -0.4 is 5.32 Å². The summed E-state index contributed by atoms with van der Waals surface area (Å²) in [6.45, 7) is 9.19. The Labute approximate surface area is 102 Å². The Morgan fingerprint density at radius 1 is 1.24 bits per heavy atom. The third-order valence-electron chi connectivity index (χ3n) is 3.09. The second-order valence-electron chi connectivity index (χ2n) is 6.29. The molecule has 1 aliphatic rings. The Bertz CT molecular complexity index is 327. The molecular weight excluding hydrogens is 221 g/mol. The molecule has 0 aromatic carbocycles. The lowest BCUT2D eigenvalue weighted by molar-refractivity contribution is -0.135. The summed E-state index contributed by atoms with van der Waals surface area (Å²) >= 11 is 0. The second kappa shape index (κ2) is 4.39. The van der Waals surface area contributed by atoms with Gasteiger partial charge in [-0.05, 0) is 18.3 Å². The highest BCUT2D eigenvalue weighted by atomic mass is 19.1. The van der Waals surface area contributed by atoms with Crippen LogP contribution in [0.4, 0.5) is 4.39 Å². The summed E-state index contributed by atoms with van der Waals surface area (Å²) in [5.41, 5.74) is -2.12. The summed E-state index contributed by atoms with van der Waals surface area (Å²) in [6.07, 6.45) is 0.539. The average molecular weight is 243 g/mol. The number of rotatable bonds is 4. The van der Waals surface area contributed by atoms with Crippen LogP contribution in [-0.2, 0) is 9.59 Å². The lowest BCUT2D eigenvalue weighted by Crippen LogP contribution is -2.53. The van der Waals surface area contributed by atoms with Crippen LogP contribution in [0.2, 0.25) is 0 Å². The molecule has 0 saturated heterocycles. The molecule has 0 aliphatic heterocycles. The number of halogens is 1. The van der Waals surface area contributed by atoms with Crippen molar-refractivity contribution in [3.05, 3.63) is 0 Å². The monoisotopic (exact) mass is 243 g/mol.